The van der Waals surface area contributed by atoms with Crippen molar-refractivity contribution in [2.75, 3.05) is 30.9 Å². The highest BCUT2D eigenvalue weighted by atomic mass is 16.5. The van der Waals surface area contributed by atoms with Gasteiger partial charge in [0.05, 0.1) is 6.10 Å². The Morgan fingerprint density at radius 3 is 2.45 bits per heavy atom. The van der Waals surface area contributed by atoms with E-state index >= 15 is 0 Å². The summed E-state index contributed by atoms with van der Waals surface area (Å²) in [5.41, 5.74) is 2.91. The Bertz CT molecular complexity index is 451. The molecule has 110 valence electrons. The molecule has 1 N–H and O–H groups in total. The van der Waals surface area contributed by atoms with Crippen molar-refractivity contribution < 1.29 is 4.74 Å². The molecule has 0 amide bonds. The Kier molecular flexibility index (Phi) is 3.63. The van der Waals surface area contributed by atoms with Crippen LogP contribution >= 0.6 is 0 Å². The summed E-state index contributed by atoms with van der Waals surface area (Å²) in [6.07, 6.45) is 5.65. The number of anilines is 2. The van der Waals surface area contributed by atoms with Gasteiger partial charge in [0.15, 0.2) is 0 Å². The molecule has 2 aliphatic rings. The maximum atomic E-state index is 5.91. The van der Waals surface area contributed by atoms with Crippen molar-refractivity contribution in [3.05, 3.63) is 24.3 Å². The standard InChI is InChI=1S/C17H26N2O/c1-4-20-16-12-15(17(16)10-5-11-17)18-13-6-8-14(9-7-13)19(2)3/h6-9,15-16,18H,4-5,10-12H2,1-3H3. The molecule has 2 unspecified atom stereocenters. The van der Waals surface area contributed by atoms with Gasteiger partial charge in [0.1, 0.15) is 0 Å². The lowest BCUT2D eigenvalue weighted by molar-refractivity contribution is -0.157. The van der Waals surface area contributed by atoms with E-state index < -0.39 is 0 Å². The van der Waals surface area contributed by atoms with Crippen molar-refractivity contribution in [2.24, 2.45) is 5.41 Å². The average molecular weight is 274 g/mol. The van der Waals surface area contributed by atoms with Crippen LogP contribution in [0.4, 0.5) is 11.4 Å². The molecular weight excluding hydrogens is 248 g/mol. The first-order valence-electron chi connectivity index (χ1n) is 7.81. The number of benzene rings is 1. The van der Waals surface area contributed by atoms with E-state index in [1.165, 1.54) is 30.6 Å². The molecule has 1 aromatic rings. The summed E-state index contributed by atoms with van der Waals surface area (Å²) in [6, 6.07) is 9.33. The summed E-state index contributed by atoms with van der Waals surface area (Å²) in [5.74, 6) is 0. The average Bonchev–Trinajstić information content (AvgIpc) is 2.36. The number of ether oxygens (including phenoxy) is 1. The smallest absolute Gasteiger partial charge is 0.0670 e. The topological polar surface area (TPSA) is 24.5 Å². The van der Waals surface area contributed by atoms with Crippen LogP contribution in [-0.2, 0) is 4.74 Å². The summed E-state index contributed by atoms with van der Waals surface area (Å²) in [6.45, 7) is 2.95. The molecule has 0 aromatic heterocycles. The highest BCUT2D eigenvalue weighted by Crippen LogP contribution is 2.58. The van der Waals surface area contributed by atoms with Crippen molar-refractivity contribution in [3.63, 3.8) is 0 Å². The van der Waals surface area contributed by atoms with Crippen LogP contribution in [0.25, 0.3) is 0 Å². The Hall–Kier alpha value is -1.22. The van der Waals surface area contributed by atoms with E-state index in [1.54, 1.807) is 0 Å². The van der Waals surface area contributed by atoms with Crippen LogP contribution in [0.15, 0.2) is 24.3 Å². The zero-order valence-electron chi connectivity index (χ0n) is 12.9. The molecule has 2 fully saturated rings. The minimum Gasteiger partial charge on any atom is -0.382 e. The molecule has 0 heterocycles. The van der Waals surface area contributed by atoms with Crippen molar-refractivity contribution in [1.29, 1.82) is 0 Å². The predicted molar refractivity (Wildman–Crippen MR) is 84.5 cm³/mol. The lowest BCUT2D eigenvalue weighted by Gasteiger charge is -2.61. The molecular formula is C17H26N2O. The lowest BCUT2D eigenvalue weighted by Crippen LogP contribution is -2.64. The van der Waals surface area contributed by atoms with E-state index in [1.807, 2.05) is 0 Å². The second kappa shape index (κ2) is 5.28. The molecule has 3 rings (SSSR count). The van der Waals surface area contributed by atoms with Gasteiger partial charge in [0, 0.05) is 43.5 Å². The molecule has 20 heavy (non-hydrogen) atoms. The third-order valence-electron chi connectivity index (χ3n) is 5.16. The zero-order chi connectivity index (χ0) is 14.2. The molecule has 0 saturated heterocycles. The molecule has 0 radical (unpaired) electrons. The van der Waals surface area contributed by atoms with Crippen LogP contribution < -0.4 is 10.2 Å². The molecule has 1 aromatic carbocycles. The van der Waals surface area contributed by atoms with Crippen LogP contribution in [0.2, 0.25) is 0 Å². The van der Waals surface area contributed by atoms with Crippen LogP contribution in [-0.4, -0.2) is 32.8 Å². The summed E-state index contributed by atoms with van der Waals surface area (Å²) < 4.78 is 5.91. The Balaban J connectivity index is 1.64. The molecule has 2 aliphatic carbocycles. The van der Waals surface area contributed by atoms with Crippen molar-refractivity contribution in [2.45, 2.75) is 44.8 Å². The summed E-state index contributed by atoms with van der Waals surface area (Å²) in [7, 11) is 4.15. The largest absolute Gasteiger partial charge is 0.382 e. The van der Waals surface area contributed by atoms with Crippen LogP contribution in [0.5, 0.6) is 0 Å². The fraction of sp³-hybridized carbons (Fsp3) is 0.647. The van der Waals surface area contributed by atoms with Gasteiger partial charge in [-0.3, -0.25) is 0 Å². The first-order valence-corrected chi connectivity index (χ1v) is 7.81. The predicted octanol–water partition coefficient (Wildman–Crippen LogP) is 3.51. The van der Waals surface area contributed by atoms with Crippen LogP contribution in [0, 0.1) is 5.41 Å². The Morgan fingerprint density at radius 1 is 1.25 bits per heavy atom. The van der Waals surface area contributed by atoms with Gasteiger partial charge in [0.2, 0.25) is 0 Å². The maximum absolute atomic E-state index is 5.91. The second-order valence-electron chi connectivity index (χ2n) is 6.40. The van der Waals surface area contributed by atoms with Gasteiger partial charge in [-0.1, -0.05) is 6.42 Å². The van der Waals surface area contributed by atoms with Crippen molar-refractivity contribution in [1.82, 2.24) is 0 Å². The monoisotopic (exact) mass is 274 g/mol. The van der Waals surface area contributed by atoms with E-state index in [9.17, 15) is 0 Å². The molecule has 0 bridgehead atoms. The molecule has 2 saturated carbocycles. The highest BCUT2D eigenvalue weighted by Gasteiger charge is 2.58. The van der Waals surface area contributed by atoms with Crippen molar-refractivity contribution in [3.8, 4) is 0 Å². The summed E-state index contributed by atoms with van der Waals surface area (Å²) in [4.78, 5) is 2.13. The first-order chi connectivity index (χ1) is 9.65. The molecule has 3 heteroatoms. The van der Waals surface area contributed by atoms with Crippen molar-refractivity contribution >= 4 is 11.4 Å². The van der Waals surface area contributed by atoms with Crippen LogP contribution in [0.3, 0.4) is 0 Å². The minimum absolute atomic E-state index is 0.427. The maximum Gasteiger partial charge on any atom is 0.0670 e. The Labute approximate surface area is 122 Å². The fourth-order valence-electron chi connectivity index (χ4n) is 3.70. The second-order valence-corrected chi connectivity index (χ2v) is 6.40. The Morgan fingerprint density at radius 2 is 1.95 bits per heavy atom. The highest BCUT2D eigenvalue weighted by molar-refractivity contribution is 5.55. The summed E-state index contributed by atoms with van der Waals surface area (Å²) in [5, 5.41) is 3.73. The van der Waals surface area contributed by atoms with Gasteiger partial charge >= 0.3 is 0 Å². The number of nitrogens with one attached hydrogen (secondary N) is 1. The molecule has 3 nitrogen and oxygen atoms in total. The SMILES string of the molecule is CCOC1CC(Nc2ccc(N(C)C)cc2)C12CCC2. The van der Waals surface area contributed by atoms with E-state index in [4.69, 9.17) is 4.74 Å². The number of rotatable bonds is 5. The quantitative estimate of drug-likeness (QED) is 0.889. The van der Waals surface area contributed by atoms with Gasteiger partial charge in [-0.25, -0.2) is 0 Å². The van der Waals surface area contributed by atoms with E-state index in [-0.39, 0.29) is 0 Å². The normalized spacial score (nSPS) is 26.8. The number of hydrogen-bond donors (Lipinski definition) is 1. The number of hydrogen-bond acceptors (Lipinski definition) is 3. The fourth-order valence-corrected chi connectivity index (χ4v) is 3.70. The molecule has 1 spiro atoms. The minimum atomic E-state index is 0.427. The van der Waals surface area contributed by atoms with Gasteiger partial charge in [-0.2, -0.15) is 0 Å². The third-order valence-corrected chi connectivity index (χ3v) is 5.16. The molecule has 0 aliphatic heterocycles. The van der Waals surface area contributed by atoms with E-state index in [2.05, 4.69) is 55.5 Å². The van der Waals surface area contributed by atoms with Gasteiger partial charge in [0.25, 0.3) is 0 Å². The van der Waals surface area contributed by atoms with E-state index in [0.29, 0.717) is 17.6 Å². The summed E-state index contributed by atoms with van der Waals surface area (Å²) >= 11 is 0. The lowest BCUT2D eigenvalue weighted by atomic mass is 9.51. The third kappa shape index (κ3) is 2.18. The zero-order valence-corrected chi connectivity index (χ0v) is 12.9. The number of nitrogens with zero attached hydrogens (tertiary/aromatic N) is 1. The first kappa shape index (κ1) is 13.7. The van der Waals surface area contributed by atoms with Crippen LogP contribution in [0.1, 0.15) is 32.6 Å². The molecule has 2 atom stereocenters. The van der Waals surface area contributed by atoms with Gasteiger partial charge < -0.3 is 15.0 Å². The van der Waals surface area contributed by atoms with Gasteiger partial charge in [-0.05, 0) is 50.5 Å². The van der Waals surface area contributed by atoms with E-state index in [0.717, 1.165) is 13.0 Å². The van der Waals surface area contributed by atoms with Gasteiger partial charge in [-0.15, -0.1) is 0 Å².